The van der Waals surface area contributed by atoms with Gasteiger partial charge in [-0.15, -0.1) is 0 Å². The molecule has 0 unspecified atom stereocenters. The average molecular weight is 676 g/mol. The second-order valence-corrected chi connectivity index (χ2v) is 12.7. The van der Waals surface area contributed by atoms with Crippen LogP contribution in [0.1, 0.15) is 37.5 Å². The lowest BCUT2D eigenvalue weighted by molar-refractivity contribution is -0.0899. The number of tetrazole rings is 1. The van der Waals surface area contributed by atoms with Gasteiger partial charge in [-0.3, -0.25) is 0 Å². The highest BCUT2D eigenvalue weighted by atomic mass is 16.6. The number of hydrogen-bond acceptors (Lipinski definition) is 11. The Hall–Kier alpha value is -4.40. The molecule has 1 fully saturated rings. The number of rotatable bonds is 17. The van der Waals surface area contributed by atoms with Crippen molar-refractivity contribution < 1.29 is 38.3 Å². The Morgan fingerprint density at radius 3 is 1.96 bits per heavy atom. The highest BCUT2D eigenvalue weighted by Gasteiger charge is 2.47. The number of amides is 1. The van der Waals surface area contributed by atoms with Gasteiger partial charge >= 0.3 is 12.1 Å². The highest BCUT2D eigenvalue weighted by molar-refractivity contribution is 5.68. The first kappa shape index (κ1) is 35.9. The van der Waals surface area contributed by atoms with Crippen molar-refractivity contribution in [2.75, 3.05) is 19.8 Å². The van der Waals surface area contributed by atoms with Crippen LogP contribution in [-0.4, -0.2) is 87.3 Å². The number of aliphatic hydroxyl groups excluding tert-OH is 1. The molecule has 0 saturated carbocycles. The first-order valence-corrected chi connectivity index (χ1v) is 16.3. The van der Waals surface area contributed by atoms with Crippen LogP contribution in [0, 0.1) is 0 Å². The molecule has 0 aliphatic carbocycles. The number of carbonyl (C=O) groups excluding carboxylic acids is 1. The van der Waals surface area contributed by atoms with Crippen molar-refractivity contribution in [3.05, 3.63) is 108 Å². The van der Waals surface area contributed by atoms with Crippen molar-refractivity contribution in [2.45, 2.75) is 83.2 Å². The van der Waals surface area contributed by atoms with Crippen LogP contribution in [-0.2, 0) is 50.0 Å². The lowest BCUT2D eigenvalue weighted by atomic mass is 10.1. The van der Waals surface area contributed by atoms with E-state index in [0.29, 0.717) is 19.8 Å². The number of benzene rings is 3. The molecular weight excluding hydrogens is 630 g/mol. The molecule has 0 radical (unpaired) electrons. The summed E-state index contributed by atoms with van der Waals surface area (Å²) in [7, 11) is 0. The Balaban J connectivity index is 1.31. The fourth-order valence-electron chi connectivity index (χ4n) is 5.26. The zero-order valence-corrected chi connectivity index (χ0v) is 28.1. The molecule has 1 aromatic heterocycles. The smallest absolute Gasteiger partial charge is 0.408 e. The van der Waals surface area contributed by atoms with Gasteiger partial charge in [0.25, 0.3) is 0 Å². The summed E-state index contributed by atoms with van der Waals surface area (Å²) in [6, 6.07) is 29.1. The van der Waals surface area contributed by atoms with Gasteiger partial charge in [0.2, 0.25) is 0 Å². The standard InChI is InChI=1S/C36H45N5O8/c1-36(2,3)49-35(43)37-29(20-42)24-47-34-38-39-40-41(34)19-30-32(45-22-27-15-9-5-10-16-27)33(46-23-28-17-11-6-12-18-28)31(48-30)25-44-21-26-13-7-4-8-14-26/h4-18,29-33,42H,19-25H2,1-3H3,(H,37,43)/t29-,30+,31-,32+,33-/m1/s1. The van der Waals surface area contributed by atoms with E-state index in [4.69, 9.17) is 28.4 Å². The van der Waals surface area contributed by atoms with E-state index in [9.17, 15) is 9.90 Å². The van der Waals surface area contributed by atoms with Gasteiger partial charge in [-0.1, -0.05) is 96.1 Å². The van der Waals surface area contributed by atoms with Crippen molar-refractivity contribution in [3.8, 4) is 6.01 Å². The third-order valence-corrected chi connectivity index (χ3v) is 7.58. The minimum Gasteiger partial charge on any atom is -0.460 e. The molecular formula is C36H45N5O8. The molecule has 1 amide bonds. The van der Waals surface area contributed by atoms with Crippen molar-refractivity contribution in [2.24, 2.45) is 0 Å². The minimum atomic E-state index is -0.758. The van der Waals surface area contributed by atoms with Crippen LogP contribution in [0.3, 0.4) is 0 Å². The Kier molecular flexibility index (Phi) is 13.1. The average Bonchev–Trinajstić information content (AvgIpc) is 3.68. The lowest BCUT2D eigenvalue weighted by Gasteiger charge is -2.25. The van der Waals surface area contributed by atoms with E-state index in [0.717, 1.165) is 16.7 Å². The zero-order chi connectivity index (χ0) is 34.5. The maximum absolute atomic E-state index is 12.2. The summed E-state index contributed by atoms with van der Waals surface area (Å²) in [6.07, 6.45) is -2.69. The van der Waals surface area contributed by atoms with E-state index in [-0.39, 0.29) is 32.4 Å². The van der Waals surface area contributed by atoms with Crippen LogP contribution in [0.15, 0.2) is 91.0 Å². The number of aromatic nitrogens is 4. The normalized spacial score (nSPS) is 19.8. The van der Waals surface area contributed by atoms with Crippen molar-refractivity contribution in [3.63, 3.8) is 0 Å². The van der Waals surface area contributed by atoms with Gasteiger partial charge in [0, 0.05) is 0 Å². The molecule has 2 heterocycles. The first-order valence-electron chi connectivity index (χ1n) is 16.3. The molecule has 2 N–H and O–H groups in total. The molecule has 0 bridgehead atoms. The van der Waals surface area contributed by atoms with E-state index in [1.165, 1.54) is 4.68 Å². The maximum atomic E-state index is 12.2. The Labute approximate surface area is 286 Å². The van der Waals surface area contributed by atoms with Crippen LogP contribution in [0.5, 0.6) is 6.01 Å². The number of nitrogens with one attached hydrogen (secondary N) is 1. The quantitative estimate of drug-likeness (QED) is 0.167. The molecule has 5 rings (SSSR count). The van der Waals surface area contributed by atoms with Crippen LogP contribution in [0.25, 0.3) is 0 Å². The third kappa shape index (κ3) is 11.3. The molecule has 262 valence electrons. The summed E-state index contributed by atoms with van der Waals surface area (Å²) in [5.41, 5.74) is 2.38. The van der Waals surface area contributed by atoms with Gasteiger partial charge in [-0.25, -0.2) is 4.79 Å². The summed E-state index contributed by atoms with van der Waals surface area (Å²) in [5.74, 6) is 0. The minimum absolute atomic E-state index is 0.0837. The third-order valence-electron chi connectivity index (χ3n) is 7.58. The van der Waals surface area contributed by atoms with Crippen molar-refractivity contribution in [1.29, 1.82) is 0 Å². The van der Waals surface area contributed by atoms with Crippen molar-refractivity contribution in [1.82, 2.24) is 25.5 Å². The number of carbonyl (C=O) groups is 1. The summed E-state index contributed by atoms with van der Waals surface area (Å²) < 4.78 is 38.5. The van der Waals surface area contributed by atoms with Crippen LogP contribution < -0.4 is 10.1 Å². The van der Waals surface area contributed by atoms with Gasteiger partial charge in [0.15, 0.2) is 0 Å². The summed E-state index contributed by atoms with van der Waals surface area (Å²) >= 11 is 0. The molecule has 4 aromatic rings. The molecule has 5 atom stereocenters. The van der Waals surface area contributed by atoms with E-state index in [1.54, 1.807) is 20.8 Å². The molecule has 1 aliphatic heterocycles. The molecule has 13 heteroatoms. The topological polar surface area (TPSA) is 148 Å². The lowest BCUT2D eigenvalue weighted by Crippen LogP contribution is -2.44. The Bertz CT molecular complexity index is 1540. The van der Waals surface area contributed by atoms with E-state index in [2.05, 4.69) is 20.8 Å². The number of hydrogen-bond donors (Lipinski definition) is 2. The monoisotopic (exact) mass is 675 g/mol. The van der Waals surface area contributed by atoms with Crippen LogP contribution in [0.2, 0.25) is 0 Å². The SMILES string of the molecule is CC(C)(C)OC(=O)N[C@H](CO)COc1nnnn1C[C@@H]1O[C@H](COCc2ccccc2)[C@@H](OCc2ccccc2)[C@H]1OCc1ccccc1. The molecule has 3 aromatic carbocycles. The number of aliphatic hydroxyl groups is 1. The number of nitrogens with zero attached hydrogens (tertiary/aromatic N) is 4. The van der Waals surface area contributed by atoms with Gasteiger partial charge in [0.1, 0.15) is 36.6 Å². The Morgan fingerprint density at radius 2 is 1.41 bits per heavy atom. The van der Waals surface area contributed by atoms with Gasteiger partial charge in [-0.05, 0) is 47.9 Å². The van der Waals surface area contributed by atoms with Crippen LogP contribution >= 0.6 is 0 Å². The molecule has 13 nitrogen and oxygen atoms in total. The fourth-order valence-corrected chi connectivity index (χ4v) is 5.26. The van der Waals surface area contributed by atoms with Gasteiger partial charge in [0.05, 0.1) is 45.6 Å². The zero-order valence-electron chi connectivity index (χ0n) is 28.1. The fraction of sp³-hybridized carbons (Fsp3) is 0.444. The van der Waals surface area contributed by atoms with E-state index < -0.39 is 42.2 Å². The van der Waals surface area contributed by atoms with Crippen LogP contribution in [0.4, 0.5) is 4.79 Å². The highest BCUT2D eigenvalue weighted by Crippen LogP contribution is 2.31. The van der Waals surface area contributed by atoms with Crippen molar-refractivity contribution >= 4 is 6.09 Å². The predicted molar refractivity (Wildman–Crippen MR) is 178 cm³/mol. The number of ether oxygens (including phenoxy) is 6. The molecule has 1 saturated heterocycles. The second kappa shape index (κ2) is 17.8. The Morgan fingerprint density at radius 1 is 0.857 bits per heavy atom. The van der Waals surface area contributed by atoms with E-state index >= 15 is 0 Å². The summed E-state index contributed by atoms with van der Waals surface area (Å²) in [4.78, 5) is 12.2. The summed E-state index contributed by atoms with van der Waals surface area (Å²) in [6.45, 7) is 6.33. The maximum Gasteiger partial charge on any atom is 0.408 e. The first-order chi connectivity index (χ1) is 23.8. The van der Waals surface area contributed by atoms with E-state index in [1.807, 2.05) is 91.0 Å². The number of alkyl carbamates (subject to hydrolysis) is 1. The van der Waals surface area contributed by atoms with Gasteiger partial charge < -0.3 is 38.8 Å². The molecule has 49 heavy (non-hydrogen) atoms. The second-order valence-electron chi connectivity index (χ2n) is 12.7. The summed E-state index contributed by atoms with van der Waals surface area (Å²) in [5, 5.41) is 24.4. The molecule has 0 spiro atoms. The predicted octanol–water partition coefficient (Wildman–Crippen LogP) is 4.09. The molecule has 1 aliphatic rings. The largest absolute Gasteiger partial charge is 0.460 e. The van der Waals surface area contributed by atoms with Gasteiger partial charge in [-0.2, -0.15) is 4.68 Å².